The fraction of sp³-hybridized carbons (Fsp3) is 0. The molecule has 0 saturated carbocycles. The summed E-state index contributed by atoms with van der Waals surface area (Å²) in [5.74, 6) is -0.0270. The van der Waals surface area contributed by atoms with E-state index in [1.54, 1.807) is 28.8 Å². The summed E-state index contributed by atoms with van der Waals surface area (Å²) in [6.45, 7) is 0. The minimum atomic E-state index is -0.508. The Labute approximate surface area is 145 Å². The Hall–Kier alpha value is -1.40. The van der Waals surface area contributed by atoms with Crippen LogP contribution in [0.1, 0.15) is 0 Å². The third kappa shape index (κ3) is 2.77. The van der Waals surface area contributed by atoms with E-state index in [1.165, 1.54) is 12.1 Å². The first-order valence-electron chi connectivity index (χ1n) is 6.05. The van der Waals surface area contributed by atoms with Crippen LogP contribution in [0, 0.1) is 10.6 Å². The van der Waals surface area contributed by atoms with Gasteiger partial charge in [0.25, 0.3) is 0 Å². The minimum Gasteiger partial charge on any atom is -0.268 e. The van der Waals surface area contributed by atoms with E-state index in [9.17, 15) is 4.39 Å². The fourth-order valence-corrected chi connectivity index (χ4v) is 2.92. The van der Waals surface area contributed by atoms with Crippen LogP contribution in [-0.2, 0) is 0 Å². The molecule has 0 saturated heterocycles. The second-order valence-electron chi connectivity index (χ2n) is 4.41. The van der Waals surface area contributed by atoms with Crippen LogP contribution in [0.2, 0.25) is 15.1 Å². The lowest BCUT2D eigenvalue weighted by molar-refractivity contribution is 0.628. The van der Waals surface area contributed by atoms with Gasteiger partial charge in [0.05, 0.1) is 15.7 Å². The van der Waals surface area contributed by atoms with Crippen molar-refractivity contribution in [2.75, 3.05) is 0 Å². The van der Waals surface area contributed by atoms with Crippen LogP contribution < -0.4 is 0 Å². The van der Waals surface area contributed by atoms with E-state index >= 15 is 0 Å². The lowest BCUT2D eigenvalue weighted by Crippen LogP contribution is -1.98. The molecule has 0 bridgehead atoms. The number of H-pyrrole nitrogens is 1. The highest BCUT2D eigenvalue weighted by Crippen LogP contribution is 2.31. The van der Waals surface area contributed by atoms with E-state index in [0.717, 1.165) is 0 Å². The van der Waals surface area contributed by atoms with E-state index in [-0.39, 0.29) is 5.02 Å². The summed E-state index contributed by atoms with van der Waals surface area (Å²) in [4.78, 5) is 0. The molecule has 3 rings (SSSR count). The van der Waals surface area contributed by atoms with Gasteiger partial charge >= 0.3 is 0 Å². The first kappa shape index (κ1) is 15.5. The van der Waals surface area contributed by atoms with Crippen LogP contribution >= 0.6 is 47.0 Å². The van der Waals surface area contributed by atoms with Gasteiger partial charge in [-0.25, -0.2) is 4.39 Å². The Morgan fingerprint density at radius 1 is 1.05 bits per heavy atom. The molecular formula is C14H7Cl3FN3S. The SMILES string of the molecule is Fc1ccc(-n2c(-c3ccc(Cl)cc3Cl)n[nH]c2=S)cc1Cl. The predicted molar refractivity (Wildman–Crippen MR) is 89.2 cm³/mol. The summed E-state index contributed by atoms with van der Waals surface area (Å²) in [7, 11) is 0. The van der Waals surface area contributed by atoms with E-state index in [4.69, 9.17) is 47.0 Å². The number of aromatic nitrogens is 3. The number of aromatic amines is 1. The summed E-state index contributed by atoms with van der Waals surface area (Å²) in [5.41, 5.74) is 1.21. The van der Waals surface area contributed by atoms with Gasteiger partial charge in [-0.3, -0.25) is 9.67 Å². The predicted octanol–water partition coefficient (Wildman–Crippen LogP) is 5.70. The van der Waals surface area contributed by atoms with Crippen LogP contribution in [0.25, 0.3) is 17.1 Å². The molecule has 112 valence electrons. The highest BCUT2D eigenvalue weighted by atomic mass is 35.5. The highest BCUT2D eigenvalue weighted by molar-refractivity contribution is 7.71. The Kier molecular flexibility index (Phi) is 4.23. The Balaban J connectivity index is 2.23. The molecule has 2 aromatic carbocycles. The molecule has 0 spiro atoms. The molecule has 22 heavy (non-hydrogen) atoms. The van der Waals surface area contributed by atoms with Gasteiger partial charge in [0.2, 0.25) is 0 Å². The van der Waals surface area contributed by atoms with Crippen molar-refractivity contribution in [1.29, 1.82) is 0 Å². The van der Waals surface area contributed by atoms with Crippen LogP contribution in [-0.4, -0.2) is 14.8 Å². The molecule has 0 amide bonds. The van der Waals surface area contributed by atoms with Gasteiger partial charge in [-0.1, -0.05) is 34.8 Å². The monoisotopic (exact) mass is 373 g/mol. The lowest BCUT2D eigenvalue weighted by Gasteiger charge is -2.09. The topological polar surface area (TPSA) is 33.6 Å². The average molecular weight is 375 g/mol. The first-order chi connectivity index (χ1) is 10.5. The van der Waals surface area contributed by atoms with Crippen molar-refractivity contribution in [3.63, 3.8) is 0 Å². The minimum absolute atomic E-state index is 0.00578. The molecule has 1 N–H and O–H groups in total. The Morgan fingerprint density at radius 3 is 2.50 bits per heavy atom. The zero-order valence-corrected chi connectivity index (χ0v) is 13.9. The van der Waals surface area contributed by atoms with E-state index in [0.29, 0.717) is 31.9 Å². The molecule has 1 heterocycles. The van der Waals surface area contributed by atoms with Gasteiger partial charge in [-0.05, 0) is 48.6 Å². The molecule has 3 nitrogen and oxygen atoms in total. The van der Waals surface area contributed by atoms with Crippen molar-refractivity contribution >= 4 is 47.0 Å². The van der Waals surface area contributed by atoms with Crippen LogP contribution in [0.3, 0.4) is 0 Å². The van der Waals surface area contributed by atoms with Crippen LogP contribution in [0.5, 0.6) is 0 Å². The number of rotatable bonds is 2. The van der Waals surface area contributed by atoms with Crippen LogP contribution in [0.4, 0.5) is 4.39 Å². The quantitative estimate of drug-likeness (QED) is 0.584. The van der Waals surface area contributed by atoms with Gasteiger partial charge in [-0.2, -0.15) is 5.10 Å². The number of hydrogen-bond donors (Lipinski definition) is 1. The molecule has 0 radical (unpaired) electrons. The maximum Gasteiger partial charge on any atom is 0.200 e. The summed E-state index contributed by atoms with van der Waals surface area (Å²) >= 11 is 23.2. The fourth-order valence-electron chi connectivity index (χ4n) is 2.01. The van der Waals surface area contributed by atoms with Crippen molar-refractivity contribution in [2.45, 2.75) is 0 Å². The largest absolute Gasteiger partial charge is 0.268 e. The summed E-state index contributed by atoms with van der Waals surface area (Å²) in [5, 5.41) is 7.82. The smallest absolute Gasteiger partial charge is 0.200 e. The molecular weight excluding hydrogens is 368 g/mol. The second kappa shape index (κ2) is 6.01. The number of benzene rings is 2. The zero-order valence-electron chi connectivity index (χ0n) is 10.8. The van der Waals surface area contributed by atoms with E-state index < -0.39 is 5.82 Å². The maximum absolute atomic E-state index is 13.3. The third-order valence-corrected chi connectivity index (χ3v) is 4.12. The molecule has 8 heteroatoms. The number of nitrogens with zero attached hydrogens (tertiary/aromatic N) is 2. The standard InChI is InChI=1S/C14H7Cl3FN3S/c15-7-1-3-9(10(16)5-7)13-19-20-14(22)21(13)8-2-4-12(18)11(17)6-8/h1-6H,(H,20,22). The van der Waals surface area contributed by atoms with Crippen LogP contribution in [0.15, 0.2) is 36.4 Å². The summed E-state index contributed by atoms with van der Waals surface area (Å²) in [6, 6.07) is 9.33. The zero-order chi connectivity index (χ0) is 15.9. The molecule has 0 unspecified atom stereocenters. The van der Waals surface area contributed by atoms with E-state index in [1.807, 2.05) is 0 Å². The second-order valence-corrected chi connectivity index (χ2v) is 6.05. The highest BCUT2D eigenvalue weighted by Gasteiger charge is 2.15. The normalized spacial score (nSPS) is 10.9. The number of halogens is 4. The lowest BCUT2D eigenvalue weighted by atomic mass is 10.2. The molecule has 0 aliphatic rings. The van der Waals surface area contributed by atoms with Gasteiger partial charge in [-0.15, -0.1) is 0 Å². The average Bonchev–Trinajstić information content (AvgIpc) is 2.84. The third-order valence-electron chi connectivity index (χ3n) is 3.01. The van der Waals surface area contributed by atoms with Crippen molar-refractivity contribution in [3.8, 4) is 17.1 Å². The van der Waals surface area contributed by atoms with Crippen molar-refractivity contribution in [3.05, 3.63) is 62.1 Å². The summed E-state index contributed by atoms with van der Waals surface area (Å²) < 4.78 is 15.3. The number of nitrogens with one attached hydrogen (secondary N) is 1. The first-order valence-corrected chi connectivity index (χ1v) is 7.60. The Morgan fingerprint density at radius 2 is 1.82 bits per heavy atom. The summed E-state index contributed by atoms with van der Waals surface area (Å²) in [6.07, 6.45) is 0. The van der Waals surface area contributed by atoms with Crippen molar-refractivity contribution in [1.82, 2.24) is 14.8 Å². The van der Waals surface area contributed by atoms with Gasteiger partial charge in [0, 0.05) is 10.6 Å². The molecule has 3 aromatic rings. The molecule has 0 aliphatic heterocycles. The van der Waals surface area contributed by atoms with Crippen molar-refractivity contribution in [2.24, 2.45) is 0 Å². The van der Waals surface area contributed by atoms with E-state index in [2.05, 4.69) is 10.2 Å². The van der Waals surface area contributed by atoms with Gasteiger partial charge in [0.15, 0.2) is 10.6 Å². The number of hydrogen-bond acceptors (Lipinski definition) is 2. The van der Waals surface area contributed by atoms with Gasteiger partial charge < -0.3 is 0 Å². The van der Waals surface area contributed by atoms with Gasteiger partial charge in [0.1, 0.15) is 5.82 Å². The molecule has 1 aromatic heterocycles. The van der Waals surface area contributed by atoms with Crippen molar-refractivity contribution < 1.29 is 4.39 Å². The molecule has 0 aliphatic carbocycles. The molecule has 0 atom stereocenters. The molecule has 0 fully saturated rings. The Bertz CT molecular complexity index is 920. The maximum atomic E-state index is 13.3.